The highest BCUT2D eigenvalue weighted by atomic mass is 79.9. The number of halogens is 2. The normalized spacial score (nSPS) is 10.4. The molecule has 0 N–H and O–H groups in total. The van der Waals surface area contributed by atoms with Crippen LogP contribution in [-0.4, -0.2) is 6.29 Å². The fourth-order valence-corrected chi connectivity index (χ4v) is 2.63. The SMILES string of the molecule is Cc1cc(Br)cc(Cl)c1-c1ccc(C=O)o1. The Hall–Kier alpha value is -1.06. The number of hydrogen-bond acceptors (Lipinski definition) is 2. The van der Waals surface area contributed by atoms with Gasteiger partial charge in [0.25, 0.3) is 0 Å². The van der Waals surface area contributed by atoms with Crippen molar-refractivity contribution in [2.24, 2.45) is 0 Å². The molecule has 82 valence electrons. The summed E-state index contributed by atoms with van der Waals surface area (Å²) in [6.45, 7) is 1.94. The van der Waals surface area contributed by atoms with Crippen LogP contribution in [0.3, 0.4) is 0 Å². The van der Waals surface area contributed by atoms with Gasteiger partial charge in [0.2, 0.25) is 0 Å². The van der Waals surface area contributed by atoms with Crippen LogP contribution in [0, 0.1) is 6.92 Å². The second-order valence-corrected chi connectivity index (χ2v) is 4.72. The number of carbonyl (C=O) groups excluding carboxylic acids is 1. The van der Waals surface area contributed by atoms with E-state index >= 15 is 0 Å². The third-order valence-electron chi connectivity index (χ3n) is 2.24. The Labute approximate surface area is 106 Å². The van der Waals surface area contributed by atoms with Crippen LogP contribution in [0.2, 0.25) is 5.02 Å². The van der Waals surface area contributed by atoms with Crippen LogP contribution in [0.25, 0.3) is 11.3 Å². The van der Waals surface area contributed by atoms with Gasteiger partial charge in [-0.1, -0.05) is 27.5 Å². The Bertz CT molecular complexity index is 523. The van der Waals surface area contributed by atoms with Crippen LogP contribution in [0.4, 0.5) is 0 Å². The number of aldehydes is 1. The van der Waals surface area contributed by atoms with Gasteiger partial charge in [-0.15, -0.1) is 0 Å². The Kier molecular flexibility index (Phi) is 3.17. The molecule has 1 aromatic carbocycles. The Morgan fingerprint density at radius 3 is 2.69 bits per heavy atom. The van der Waals surface area contributed by atoms with Crippen molar-refractivity contribution >= 4 is 33.8 Å². The van der Waals surface area contributed by atoms with Crippen molar-refractivity contribution in [3.05, 3.63) is 45.1 Å². The maximum Gasteiger partial charge on any atom is 0.185 e. The van der Waals surface area contributed by atoms with Gasteiger partial charge in [-0.3, -0.25) is 4.79 Å². The topological polar surface area (TPSA) is 30.2 Å². The molecule has 1 heterocycles. The van der Waals surface area contributed by atoms with Gasteiger partial charge in [0, 0.05) is 10.0 Å². The van der Waals surface area contributed by atoms with E-state index in [1.54, 1.807) is 18.2 Å². The first-order chi connectivity index (χ1) is 7.61. The first-order valence-corrected chi connectivity index (χ1v) is 5.80. The lowest BCUT2D eigenvalue weighted by Crippen LogP contribution is -1.83. The molecule has 0 unspecified atom stereocenters. The van der Waals surface area contributed by atoms with Gasteiger partial charge in [0.05, 0.1) is 5.02 Å². The van der Waals surface area contributed by atoms with Crippen LogP contribution >= 0.6 is 27.5 Å². The van der Waals surface area contributed by atoms with E-state index in [1.807, 2.05) is 13.0 Å². The van der Waals surface area contributed by atoms with Crippen molar-refractivity contribution in [2.45, 2.75) is 6.92 Å². The first kappa shape index (κ1) is 11.4. The fourth-order valence-electron chi connectivity index (χ4n) is 1.56. The summed E-state index contributed by atoms with van der Waals surface area (Å²) in [6, 6.07) is 7.11. The lowest BCUT2D eigenvalue weighted by Gasteiger charge is -2.06. The second-order valence-electron chi connectivity index (χ2n) is 3.40. The highest BCUT2D eigenvalue weighted by Gasteiger charge is 2.12. The van der Waals surface area contributed by atoms with E-state index in [0.717, 1.165) is 15.6 Å². The van der Waals surface area contributed by atoms with Crippen molar-refractivity contribution in [2.75, 3.05) is 0 Å². The molecule has 1 aromatic heterocycles. The standard InChI is InChI=1S/C12H8BrClO2/c1-7-4-8(13)5-10(14)12(7)11-3-2-9(6-15)16-11/h2-6H,1H3. The molecule has 2 aromatic rings. The van der Waals surface area contributed by atoms with E-state index in [9.17, 15) is 4.79 Å². The van der Waals surface area contributed by atoms with E-state index in [0.29, 0.717) is 22.8 Å². The summed E-state index contributed by atoms with van der Waals surface area (Å²) in [4.78, 5) is 10.5. The lowest BCUT2D eigenvalue weighted by atomic mass is 10.1. The van der Waals surface area contributed by atoms with Gasteiger partial charge in [-0.2, -0.15) is 0 Å². The van der Waals surface area contributed by atoms with Crippen molar-refractivity contribution in [1.29, 1.82) is 0 Å². The molecule has 2 nitrogen and oxygen atoms in total. The van der Waals surface area contributed by atoms with Crippen LogP contribution in [-0.2, 0) is 0 Å². The number of carbonyl (C=O) groups is 1. The molecule has 0 spiro atoms. The number of furan rings is 1. The predicted octanol–water partition coefficient (Wildman–Crippen LogP) is 4.48. The molecule has 0 saturated heterocycles. The van der Waals surface area contributed by atoms with Gasteiger partial charge < -0.3 is 4.42 Å². The molecule has 16 heavy (non-hydrogen) atoms. The van der Waals surface area contributed by atoms with Crippen LogP contribution < -0.4 is 0 Å². The van der Waals surface area contributed by atoms with Gasteiger partial charge in [-0.05, 0) is 36.8 Å². The minimum Gasteiger partial charge on any atom is -0.453 e. The predicted molar refractivity (Wildman–Crippen MR) is 67.0 cm³/mol. The quantitative estimate of drug-likeness (QED) is 0.765. The van der Waals surface area contributed by atoms with Crippen LogP contribution in [0.5, 0.6) is 0 Å². The lowest BCUT2D eigenvalue weighted by molar-refractivity contribution is 0.110. The maximum absolute atomic E-state index is 10.5. The molecule has 0 bridgehead atoms. The average molecular weight is 300 g/mol. The zero-order valence-corrected chi connectivity index (χ0v) is 10.8. The van der Waals surface area contributed by atoms with Crippen LogP contribution in [0.15, 0.2) is 33.2 Å². The molecule has 0 aliphatic rings. The summed E-state index contributed by atoms with van der Waals surface area (Å²) in [5, 5.41) is 0.596. The zero-order valence-electron chi connectivity index (χ0n) is 8.46. The molecule has 4 heteroatoms. The molecule has 0 atom stereocenters. The molecular formula is C12H8BrClO2. The molecular weight excluding hydrogens is 291 g/mol. The summed E-state index contributed by atoms with van der Waals surface area (Å²) < 4.78 is 6.27. The number of hydrogen-bond donors (Lipinski definition) is 0. The smallest absolute Gasteiger partial charge is 0.185 e. The Balaban J connectivity index is 2.59. The fraction of sp³-hybridized carbons (Fsp3) is 0.0833. The number of benzene rings is 1. The van der Waals surface area contributed by atoms with Gasteiger partial charge in [0.1, 0.15) is 5.76 Å². The van der Waals surface area contributed by atoms with Gasteiger partial charge in [-0.25, -0.2) is 0 Å². The number of rotatable bonds is 2. The molecule has 0 fully saturated rings. The number of aryl methyl sites for hydroxylation is 1. The summed E-state index contributed by atoms with van der Waals surface area (Å²) in [5.41, 5.74) is 1.81. The molecule has 2 rings (SSSR count). The summed E-state index contributed by atoms with van der Waals surface area (Å²) in [5.74, 6) is 0.908. The minimum atomic E-state index is 0.299. The van der Waals surface area contributed by atoms with Crippen molar-refractivity contribution < 1.29 is 9.21 Å². The highest BCUT2D eigenvalue weighted by Crippen LogP contribution is 2.34. The zero-order chi connectivity index (χ0) is 11.7. The summed E-state index contributed by atoms with van der Waals surface area (Å²) >= 11 is 9.51. The highest BCUT2D eigenvalue weighted by molar-refractivity contribution is 9.10. The molecule has 0 saturated carbocycles. The minimum absolute atomic E-state index is 0.299. The molecule has 0 amide bonds. The van der Waals surface area contributed by atoms with Crippen LogP contribution in [0.1, 0.15) is 16.1 Å². The monoisotopic (exact) mass is 298 g/mol. The van der Waals surface area contributed by atoms with Crippen molar-refractivity contribution in [3.63, 3.8) is 0 Å². The molecule has 0 aliphatic heterocycles. The summed E-state index contributed by atoms with van der Waals surface area (Å²) in [6.07, 6.45) is 0.672. The van der Waals surface area contributed by atoms with Crippen molar-refractivity contribution in [3.8, 4) is 11.3 Å². The largest absolute Gasteiger partial charge is 0.453 e. The molecule has 0 aliphatic carbocycles. The third-order valence-corrected chi connectivity index (χ3v) is 3.00. The third kappa shape index (κ3) is 2.06. The maximum atomic E-state index is 10.5. The van der Waals surface area contributed by atoms with E-state index < -0.39 is 0 Å². The first-order valence-electron chi connectivity index (χ1n) is 4.63. The van der Waals surface area contributed by atoms with E-state index in [-0.39, 0.29) is 0 Å². The Morgan fingerprint density at radius 1 is 1.38 bits per heavy atom. The van der Waals surface area contributed by atoms with E-state index in [2.05, 4.69) is 15.9 Å². The summed E-state index contributed by atoms with van der Waals surface area (Å²) in [7, 11) is 0. The van der Waals surface area contributed by atoms with E-state index in [4.69, 9.17) is 16.0 Å². The Morgan fingerprint density at radius 2 is 2.12 bits per heavy atom. The van der Waals surface area contributed by atoms with Gasteiger partial charge in [0.15, 0.2) is 12.0 Å². The van der Waals surface area contributed by atoms with E-state index in [1.165, 1.54) is 0 Å². The van der Waals surface area contributed by atoms with Gasteiger partial charge >= 0.3 is 0 Å². The average Bonchev–Trinajstić information content (AvgIpc) is 2.64. The van der Waals surface area contributed by atoms with Crippen molar-refractivity contribution in [1.82, 2.24) is 0 Å². The second kappa shape index (κ2) is 4.44. The molecule has 0 radical (unpaired) electrons.